The Morgan fingerprint density at radius 2 is 2.25 bits per heavy atom. The second kappa shape index (κ2) is 3.44. The highest BCUT2D eigenvalue weighted by Crippen LogP contribution is 2.36. The molecule has 0 spiro atoms. The summed E-state index contributed by atoms with van der Waals surface area (Å²) in [6.45, 7) is 1.96. The third kappa shape index (κ3) is 1.43. The number of hydrogen-bond acceptors (Lipinski definition) is 3. The fourth-order valence-electron chi connectivity index (χ4n) is 2.26. The van der Waals surface area contributed by atoms with Crippen LogP contribution in [0.2, 0.25) is 0 Å². The minimum Gasteiger partial charge on any atom is -0.483 e. The minimum atomic E-state index is 0.0184. The molecule has 1 aromatic rings. The Morgan fingerprint density at radius 1 is 1.38 bits per heavy atom. The highest BCUT2D eigenvalue weighted by Gasteiger charge is 2.21. The fourth-order valence-corrected chi connectivity index (χ4v) is 2.26. The molecule has 0 saturated heterocycles. The van der Waals surface area contributed by atoms with Gasteiger partial charge in [0.25, 0.3) is 0 Å². The van der Waals surface area contributed by atoms with Crippen molar-refractivity contribution in [2.75, 3.05) is 0 Å². The van der Waals surface area contributed by atoms with E-state index in [-0.39, 0.29) is 11.9 Å². The van der Waals surface area contributed by atoms with Gasteiger partial charge in [-0.25, -0.2) is 0 Å². The van der Waals surface area contributed by atoms with Gasteiger partial charge in [0, 0.05) is 18.2 Å². The van der Waals surface area contributed by atoms with Crippen molar-refractivity contribution in [3.8, 4) is 5.75 Å². The summed E-state index contributed by atoms with van der Waals surface area (Å²) in [6, 6.07) is 3.85. The molecule has 0 bridgehead atoms. The van der Waals surface area contributed by atoms with E-state index in [1.807, 2.05) is 19.1 Å². The van der Waals surface area contributed by atoms with E-state index in [4.69, 9.17) is 4.74 Å². The van der Waals surface area contributed by atoms with Gasteiger partial charge in [-0.1, -0.05) is 0 Å². The molecule has 0 saturated carbocycles. The Balaban J connectivity index is 2.13. The molecule has 16 heavy (non-hydrogen) atoms. The van der Waals surface area contributed by atoms with Gasteiger partial charge in [0.2, 0.25) is 0 Å². The van der Waals surface area contributed by atoms with Crippen molar-refractivity contribution in [3.05, 3.63) is 23.3 Å². The first kappa shape index (κ1) is 9.58. The molecule has 1 aliphatic carbocycles. The smallest absolute Gasteiger partial charge is 0.163 e. The maximum absolute atomic E-state index is 11.7. The Hall–Kier alpha value is -1.64. The standard InChI is InChI=1S/C13H13NO2/c1-8-7-14-11-6-10-9(5-13(11)16-8)3-2-4-12(10)15/h5-8H,2-4H2,1H3. The van der Waals surface area contributed by atoms with Crippen molar-refractivity contribution in [3.63, 3.8) is 0 Å². The zero-order valence-electron chi connectivity index (χ0n) is 9.19. The summed E-state index contributed by atoms with van der Waals surface area (Å²) in [5, 5.41) is 0. The van der Waals surface area contributed by atoms with Gasteiger partial charge >= 0.3 is 0 Å². The lowest BCUT2D eigenvalue weighted by molar-refractivity contribution is 0.0972. The number of carbonyl (C=O) groups excluding carboxylic acids is 1. The molecule has 0 amide bonds. The van der Waals surface area contributed by atoms with Gasteiger partial charge in [0.05, 0.1) is 0 Å². The number of carbonyl (C=O) groups is 1. The Kier molecular flexibility index (Phi) is 2.06. The normalized spacial score (nSPS) is 22.3. The number of ketones is 1. The average molecular weight is 215 g/mol. The number of nitrogens with zero attached hydrogens (tertiary/aromatic N) is 1. The zero-order chi connectivity index (χ0) is 11.1. The fraction of sp³-hybridized carbons (Fsp3) is 0.385. The molecule has 3 rings (SSSR count). The summed E-state index contributed by atoms with van der Waals surface area (Å²) >= 11 is 0. The van der Waals surface area contributed by atoms with Crippen LogP contribution in [0.1, 0.15) is 35.7 Å². The maximum Gasteiger partial charge on any atom is 0.163 e. The Morgan fingerprint density at radius 3 is 3.12 bits per heavy atom. The number of Topliss-reactive ketones (excluding diaryl/α,β-unsaturated/α-hetero) is 1. The molecule has 1 aromatic carbocycles. The molecule has 3 heteroatoms. The van der Waals surface area contributed by atoms with Crippen LogP contribution in [0.25, 0.3) is 0 Å². The highest BCUT2D eigenvalue weighted by molar-refractivity contribution is 6.00. The predicted octanol–water partition coefficient (Wildman–Crippen LogP) is 2.69. The first-order valence-corrected chi connectivity index (χ1v) is 5.65. The van der Waals surface area contributed by atoms with E-state index in [0.717, 1.165) is 35.4 Å². The lowest BCUT2D eigenvalue weighted by Gasteiger charge is -2.21. The molecule has 0 fully saturated rings. The van der Waals surface area contributed by atoms with Crippen LogP contribution >= 0.6 is 0 Å². The lowest BCUT2D eigenvalue weighted by atomic mass is 9.90. The van der Waals surface area contributed by atoms with Crippen LogP contribution in [-0.2, 0) is 6.42 Å². The second-order valence-corrected chi connectivity index (χ2v) is 4.35. The van der Waals surface area contributed by atoms with E-state index in [9.17, 15) is 4.79 Å². The summed E-state index contributed by atoms with van der Waals surface area (Å²) in [6.07, 6.45) is 4.36. The van der Waals surface area contributed by atoms with Gasteiger partial charge in [-0.3, -0.25) is 9.79 Å². The Labute approximate surface area is 94.1 Å². The molecule has 1 atom stereocenters. The molecule has 1 heterocycles. The van der Waals surface area contributed by atoms with E-state index in [2.05, 4.69) is 4.99 Å². The number of ether oxygens (including phenoxy) is 1. The van der Waals surface area contributed by atoms with Crippen molar-refractivity contribution in [2.45, 2.75) is 32.3 Å². The number of benzene rings is 1. The average Bonchev–Trinajstić information content (AvgIpc) is 2.27. The molecule has 3 nitrogen and oxygen atoms in total. The molecule has 82 valence electrons. The van der Waals surface area contributed by atoms with Crippen LogP contribution in [0.4, 0.5) is 5.69 Å². The summed E-state index contributed by atoms with van der Waals surface area (Å²) in [5.74, 6) is 1.04. The SMILES string of the molecule is CC1C=Nc2cc3c(cc2O1)CCCC3=O. The monoisotopic (exact) mass is 215 g/mol. The summed E-state index contributed by atoms with van der Waals surface area (Å²) in [4.78, 5) is 16.1. The van der Waals surface area contributed by atoms with Crippen molar-refractivity contribution >= 4 is 17.7 Å². The molecule has 0 aromatic heterocycles. The van der Waals surface area contributed by atoms with Crippen LogP contribution in [0.5, 0.6) is 5.75 Å². The van der Waals surface area contributed by atoms with Crippen LogP contribution in [-0.4, -0.2) is 18.1 Å². The molecule has 1 aliphatic heterocycles. The maximum atomic E-state index is 11.7. The van der Waals surface area contributed by atoms with Gasteiger partial charge in [0.1, 0.15) is 17.5 Å². The lowest BCUT2D eigenvalue weighted by Crippen LogP contribution is -2.18. The summed E-state index contributed by atoms with van der Waals surface area (Å²) < 4.78 is 5.67. The van der Waals surface area contributed by atoms with E-state index in [0.29, 0.717) is 6.42 Å². The van der Waals surface area contributed by atoms with Gasteiger partial charge in [0.15, 0.2) is 5.78 Å². The second-order valence-electron chi connectivity index (χ2n) is 4.35. The first-order chi connectivity index (χ1) is 7.74. The molecule has 2 aliphatic rings. The third-order valence-corrected chi connectivity index (χ3v) is 3.07. The molecule has 0 N–H and O–H groups in total. The van der Waals surface area contributed by atoms with E-state index >= 15 is 0 Å². The van der Waals surface area contributed by atoms with E-state index < -0.39 is 0 Å². The number of fused-ring (bicyclic) bond motifs is 2. The van der Waals surface area contributed by atoms with Crippen LogP contribution in [0.3, 0.4) is 0 Å². The van der Waals surface area contributed by atoms with Crippen LogP contribution in [0, 0.1) is 0 Å². The summed E-state index contributed by atoms with van der Waals surface area (Å²) in [5.41, 5.74) is 2.73. The predicted molar refractivity (Wildman–Crippen MR) is 62.0 cm³/mol. The van der Waals surface area contributed by atoms with Gasteiger partial charge < -0.3 is 4.74 Å². The van der Waals surface area contributed by atoms with Crippen molar-refractivity contribution in [1.29, 1.82) is 0 Å². The topological polar surface area (TPSA) is 38.7 Å². The third-order valence-electron chi connectivity index (χ3n) is 3.07. The van der Waals surface area contributed by atoms with Gasteiger partial charge in [-0.05, 0) is 37.5 Å². The van der Waals surface area contributed by atoms with E-state index in [1.165, 1.54) is 0 Å². The number of aliphatic imine (C=N–C) groups is 1. The largest absolute Gasteiger partial charge is 0.483 e. The van der Waals surface area contributed by atoms with Crippen molar-refractivity contribution in [1.82, 2.24) is 0 Å². The molecule has 1 unspecified atom stereocenters. The minimum absolute atomic E-state index is 0.0184. The molecular formula is C13H13NO2. The quantitative estimate of drug-likeness (QED) is 0.667. The number of aryl methyl sites for hydroxylation is 1. The summed E-state index contributed by atoms with van der Waals surface area (Å²) in [7, 11) is 0. The van der Waals surface area contributed by atoms with E-state index in [1.54, 1.807) is 6.21 Å². The number of hydrogen-bond donors (Lipinski definition) is 0. The highest BCUT2D eigenvalue weighted by atomic mass is 16.5. The van der Waals surface area contributed by atoms with Crippen LogP contribution in [0.15, 0.2) is 17.1 Å². The van der Waals surface area contributed by atoms with Crippen LogP contribution < -0.4 is 4.74 Å². The Bertz CT molecular complexity index is 491. The number of rotatable bonds is 0. The van der Waals surface area contributed by atoms with Gasteiger partial charge in [-0.15, -0.1) is 0 Å². The zero-order valence-corrected chi connectivity index (χ0v) is 9.19. The van der Waals surface area contributed by atoms with Crippen molar-refractivity contribution in [2.24, 2.45) is 4.99 Å². The molecular weight excluding hydrogens is 202 g/mol. The molecule has 0 radical (unpaired) electrons. The van der Waals surface area contributed by atoms with Crippen molar-refractivity contribution < 1.29 is 9.53 Å². The first-order valence-electron chi connectivity index (χ1n) is 5.65. The van der Waals surface area contributed by atoms with Gasteiger partial charge in [-0.2, -0.15) is 0 Å².